The molecule has 26 heavy (non-hydrogen) atoms. The zero-order valence-corrected chi connectivity index (χ0v) is 15.4. The van der Waals surface area contributed by atoms with Gasteiger partial charge in [-0.25, -0.2) is 19.2 Å². The molecule has 2 heterocycles. The maximum absolute atomic E-state index is 13.8. The molecule has 1 saturated heterocycles. The number of rotatable bonds is 4. The molecule has 138 valence electrons. The smallest absolute Gasteiger partial charge is 0.336 e. The van der Waals surface area contributed by atoms with Crippen LogP contribution in [0.15, 0.2) is 24.3 Å². The molecule has 0 saturated carbocycles. The number of aromatic nitrogens is 2. The minimum atomic E-state index is -1.10. The minimum absolute atomic E-state index is 0.0415. The molecule has 1 fully saturated rings. The average molecular weight is 357 g/mol. The quantitative estimate of drug-likeness (QED) is 0.887. The second-order valence-corrected chi connectivity index (χ2v) is 7.06. The summed E-state index contributed by atoms with van der Waals surface area (Å²) in [6.45, 7) is 7.14. The van der Waals surface area contributed by atoms with Gasteiger partial charge in [-0.2, -0.15) is 0 Å². The number of benzene rings is 1. The second kappa shape index (κ2) is 7.50. The number of nitrogens with zero attached hydrogens (tertiary/aromatic N) is 3. The van der Waals surface area contributed by atoms with Gasteiger partial charge in [-0.15, -0.1) is 0 Å². The van der Waals surface area contributed by atoms with Crippen molar-refractivity contribution < 1.29 is 14.3 Å². The third kappa shape index (κ3) is 3.75. The van der Waals surface area contributed by atoms with E-state index in [1.165, 1.54) is 18.6 Å². The first-order chi connectivity index (χ1) is 12.4. The van der Waals surface area contributed by atoms with Crippen LogP contribution in [0.5, 0.6) is 0 Å². The first kappa shape index (κ1) is 18.5. The fourth-order valence-electron chi connectivity index (χ4n) is 3.70. The Kier molecular flexibility index (Phi) is 5.32. The van der Waals surface area contributed by atoms with Crippen molar-refractivity contribution in [2.45, 2.75) is 52.1 Å². The van der Waals surface area contributed by atoms with E-state index in [9.17, 15) is 14.3 Å². The summed E-state index contributed by atoms with van der Waals surface area (Å²) in [5, 5.41) is 9.45. The van der Waals surface area contributed by atoms with Gasteiger partial charge >= 0.3 is 5.97 Å². The highest BCUT2D eigenvalue weighted by molar-refractivity contribution is 5.95. The monoisotopic (exact) mass is 357 g/mol. The van der Waals surface area contributed by atoms with Gasteiger partial charge in [0, 0.05) is 11.6 Å². The van der Waals surface area contributed by atoms with Crippen molar-refractivity contribution in [3.05, 3.63) is 47.2 Å². The molecular formula is C20H24FN3O2. The molecule has 3 rings (SSSR count). The van der Waals surface area contributed by atoms with E-state index in [4.69, 9.17) is 0 Å². The Labute approximate surface area is 152 Å². The lowest BCUT2D eigenvalue weighted by molar-refractivity contribution is 0.0697. The Morgan fingerprint density at radius 2 is 2.04 bits per heavy atom. The number of carboxylic acids is 1. The van der Waals surface area contributed by atoms with Crippen molar-refractivity contribution in [3.8, 4) is 11.3 Å². The van der Waals surface area contributed by atoms with Crippen molar-refractivity contribution >= 4 is 5.97 Å². The predicted molar refractivity (Wildman–Crippen MR) is 97.6 cm³/mol. The van der Waals surface area contributed by atoms with Gasteiger partial charge in [0.25, 0.3) is 0 Å². The van der Waals surface area contributed by atoms with Crippen LogP contribution >= 0.6 is 0 Å². The number of halogens is 1. The van der Waals surface area contributed by atoms with E-state index < -0.39 is 11.8 Å². The fraction of sp³-hybridized carbons (Fsp3) is 0.450. The first-order valence-electron chi connectivity index (χ1n) is 9.01. The Morgan fingerprint density at radius 3 is 2.73 bits per heavy atom. The van der Waals surface area contributed by atoms with Gasteiger partial charge in [0.15, 0.2) is 0 Å². The number of likely N-dealkylation sites (tertiary alicyclic amines) is 1. The molecule has 1 aromatic heterocycles. The summed E-state index contributed by atoms with van der Waals surface area (Å²) in [5.74, 6) is -1.02. The Hall–Kier alpha value is -2.34. The minimum Gasteiger partial charge on any atom is -0.478 e. The summed E-state index contributed by atoms with van der Waals surface area (Å²) < 4.78 is 13.8. The summed E-state index contributed by atoms with van der Waals surface area (Å²) >= 11 is 0. The topological polar surface area (TPSA) is 66.3 Å². The largest absolute Gasteiger partial charge is 0.478 e. The van der Waals surface area contributed by atoms with Gasteiger partial charge in [-0.1, -0.05) is 6.42 Å². The van der Waals surface area contributed by atoms with E-state index in [0.29, 0.717) is 17.6 Å². The molecule has 0 radical (unpaired) electrons. The maximum atomic E-state index is 13.8. The highest BCUT2D eigenvalue weighted by Gasteiger charge is 2.28. The number of carbonyl (C=O) groups is 1. The normalized spacial score (nSPS) is 18.3. The summed E-state index contributed by atoms with van der Waals surface area (Å²) in [7, 11) is 0. The molecule has 0 bridgehead atoms. The lowest BCUT2D eigenvalue weighted by atomic mass is 9.95. The van der Waals surface area contributed by atoms with E-state index in [1.807, 2.05) is 6.07 Å². The van der Waals surface area contributed by atoms with Gasteiger partial charge in [0.05, 0.1) is 23.0 Å². The zero-order valence-electron chi connectivity index (χ0n) is 15.4. The predicted octanol–water partition coefficient (Wildman–Crippen LogP) is 4.22. The SMILES string of the molecule is Cc1nc(-c2cc(F)ccc2C(=O)O)cc(C2CCCCN2C(C)C)n1. The summed E-state index contributed by atoms with van der Waals surface area (Å²) in [5.41, 5.74) is 1.66. The van der Waals surface area contributed by atoms with Crippen molar-refractivity contribution in [2.75, 3.05) is 6.54 Å². The molecular weight excluding hydrogens is 333 g/mol. The zero-order chi connectivity index (χ0) is 18.8. The molecule has 0 aliphatic carbocycles. The molecule has 1 aliphatic heterocycles. The molecule has 0 spiro atoms. The third-order valence-corrected chi connectivity index (χ3v) is 4.89. The number of carboxylic acid groups (broad SMARTS) is 1. The highest BCUT2D eigenvalue weighted by Crippen LogP contribution is 2.33. The molecule has 1 atom stereocenters. The van der Waals surface area contributed by atoms with Crippen LogP contribution in [-0.4, -0.2) is 38.5 Å². The van der Waals surface area contributed by atoms with Crippen LogP contribution in [0.2, 0.25) is 0 Å². The first-order valence-corrected chi connectivity index (χ1v) is 9.01. The lowest BCUT2D eigenvalue weighted by Gasteiger charge is -2.38. The number of hydrogen-bond acceptors (Lipinski definition) is 4. The lowest BCUT2D eigenvalue weighted by Crippen LogP contribution is -2.39. The Balaban J connectivity index is 2.09. The Morgan fingerprint density at radius 1 is 1.27 bits per heavy atom. The maximum Gasteiger partial charge on any atom is 0.336 e. The van der Waals surface area contributed by atoms with Crippen molar-refractivity contribution in [1.82, 2.24) is 14.9 Å². The highest BCUT2D eigenvalue weighted by atomic mass is 19.1. The van der Waals surface area contributed by atoms with Gasteiger partial charge in [-0.05, 0) is 64.4 Å². The van der Waals surface area contributed by atoms with Crippen LogP contribution in [0.1, 0.15) is 61.0 Å². The van der Waals surface area contributed by atoms with E-state index in [-0.39, 0.29) is 17.2 Å². The van der Waals surface area contributed by atoms with Crippen molar-refractivity contribution in [3.63, 3.8) is 0 Å². The number of hydrogen-bond donors (Lipinski definition) is 1. The van der Waals surface area contributed by atoms with Crippen LogP contribution in [0, 0.1) is 12.7 Å². The van der Waals surface area contributed by atoms with Crippen molar-refractivity contribution in [2.24, 2.45) is 0 Å². The van der Waals surface area contributed by atoms with E-state index >= 15 is 0 Å². The molecule has 1 N–H and O–H groups in total. The van der Waals surface area contributed by atoms with Gasteiger partial charge < -0.3 is 5.11 Å². The standard InChI is InChI=1S/C20H24FN3O2/c1-12(2)24-9-5-4-6-19(24)18-11-17(22-13(3)23-18)16-10-14(21)7-8-15(16)20(25)26/h7-8,10-12,19H,4-6,9H2,1-3H3,(H,25,26). The van der Waals surface area contributed by atoms with E-state index in [0.717, 1.165) is 31.1 Å². The average Bonchev–Trinajstić information content (AvgIpc) is 2.60. The number of aryl methyl sites for hydroxylation is 1. The second-order valence-electron chi connectivity index (χ2n) is 7.06. The summed E-state index contributed by atoms with van der Waals surface area (Å²) in [4.78, 5) is 23.0. The molecule has 1 unspecified atom stereocenters. The van der Waals surface area contributed by atoms with Crippen LogP contribution in [-0.2, 0) is 0 Å². The molecule has 5 nitrogen and oxygen atoms in total. The molecule has 0 amide bonds. The van der Waals surface area contributed by atoms with Gasteiger partial charge in [0.2, 0.25) is 0 Å². The van der Waals surface area contributed by atoms with Gasteiger partial charge in [0.1, 0.15) is 11.6 Å². The van der Waals surface area contributed by atoms with Crippen LogP contribution in [0.4, 0.5) is 4.39 Å². The summed E-state index contributed by atoms with van der Waals surface area (Å²) in [6, 6.07) is 6.05. The molecule has 2 aromatic rings. The summed E-state index contributed by atoms with van der Waals surface area (Å²) in [6.07, 6.45) is 3.30. The number of aromatic carboxylic acids is 1. The Bertz CT molecular complexity index is 823. The number of piperidine rings is 1. The van der Waals surface area contributed by atoms with Crippen LogP contribution in [0.3, 0.4) is 0 Å². The van der Waals surface area contributed by atoms with Crippen LogP contribution < -0.4 is 0 Å². The third-order valence-electron chi connectivity index (χ3n) is 4.89. The molecule has 1 aliphatic rings. The van der Waals surface area contributed by atoms with E-state index in [1.54, 1.807) is 6.92 Å². The van der Waals surface area contributed by atoms with Crippen molar-refractivity contribution in [1.29, 1.82) is 0 Å². The van der Waals surface area contributed by atoms with Gasteiger partial charge in [-0.3, -0.25) is 4.90 Å². The van der Waals surface area contributed by atoms with E-state index in [2.05, 4.69) is 28.7 Å². The molecule has 1 aromatic carbocycles. The van der Waals surface area contributed by atoms with Crippen LogP contribution in [0.25, 0.3) is 11.3 Å². The fourth-order valence-corrected chi connectivity index (χ4v) is 3.70. The molecule has 6 heteroatoms.